The van der Waals surface area contributed by atoms with E-state index in [-0.39, 0.29) is 36.5 Å². The number of carbonyl (C=O) groups is 2. The molecule has 2 aliphatic rings. The van der Waals surface area contributed by atoms with Gasteiger partial charge >= 0.3 is 6.03 Å². The third kappa shape index (κ3) is 6.64. The molecule has 42 heavy (non-hydrogen) atoms. The van der Waals surface area contributed by atoms with Gasteiger partial charge in [-0.05, 0) is 74.1 Å². The van der Waals surface area contributed by atoms with Crippen molar-refractivity contribution in [2.75, 3.05) is 38.0 Å². The second-order valence-corrected chi connectivity index (χ2v) is 12.9. The van der Waals surface area contributed by atoms with Gasteiger partial charge in [0.2, 0.25) is 15.9 Å². The van der Waals surface area contributed by atoms with Gasteiger partial charge in [-0.1, -0.05) is 48.0 Å². The molecule has 1 unspecified atom stereocenters. The molecule has 2 fully saturated rings. The van der Waals surface area contributed by atoms with Crippen LogP contribution in [-0.4, -0.2) is 73.2 Å². The van der Waals surface area contributed by atoms with Gasteiger partial charge in [-0.3, -0.25) is 4.79 Å². The highest BCUT2D eigenvalue weighted by Crippen LogP contribution is 2.27. The fourth-order valence-corrected chi connectivity index (χ4v) is 7.20. The first kappa shape index (κ1) is 29.3. The normalized spacial score (nSPS) is 18.3. The number of hydrogen-bond acceptors (Lipinski definition) is 5. The molecule has 3 aromatic carbocycles. The smallest absolute Gasteiger partial charge is 0.321 e. The number of likely N-dealkylation sites (tertiary alicyclic amines) is 1. The average Bonchev–Trinajstić information content (AvgIpc) is 3.02. The zero-order valence-electron chi connectivity index (χ0n) is 23.6. The molecule has 1 N–H and O–H groups in total. The van der Waals surface area contributed by atoms with Crippen LogP contribution in [0.4, 0.5) is 10.5 Å². The minimum absolute atomic E-state index is 0.0124. The highest BCUT2D eigenvalue weighted by Gasteiger charge is 2.43. The zero-order chi connectivity index (χ0) is 29.7. The van der Waals surface area contributed by atoms with Crippen LogP contribution in [0.3, 0.4) is 0 Å². The summed E-state index contributed by atoms with van der Waals surface area (Å²) in [6.45, 7) is 3.08. The van der Waals surface area contributed by atoms with E-state index in [4.69, 9.17) is 5.26 Å². The first-order valence-corrected chi connectivity index (χ1v) is 15.7. The number of nitrogens with zero attached hydrogens (tertiary/aromatic N) is 4. The summed E-state index contributed by atoms with van der Waals surface area (Å²) < 4.78 is 28.8. The van der Waals surface area contributed by atoms with Gasteiger partial charge in [0.25, 0.3) is 0 Å². The molecule has 5 rings (SSSR count). The number of piperidine rings is 1. The number of piperazine rings is 1. The standard InChI is InChI=1S/C32H35N5O4S/c1-24-7-11-28(12-8-24)34-32(39)36-19-20-37(42(40,41)29-13-9-27(22-33)10-14-29)30(23-36)31(38)35-17-15-26(16-18-35)21-25-5-3-2-4-6-25/h2-14,26,30H,15-21,23H2,1H3,(H,34,39). The van der Waals surface area contributed by atoms with Crippen LogP contribution in [0.15, 0.2) is 83.8 Å². The van der Waals surface area contributed by atoms with Crippen LogP contribution < -0.4 is 5.32 Å². The molecular formula is C32H35N5O4S. The van der Waals surface area contributed by atoms with Gasteiger partial charge < -0.3 is 15.1 Å². The topological polar surface area (TPSA) is 114 Å². The van der Waals surface area contributed by atoms with E-state index in [0.29, 0.717) is 30.3 Å². The van der Waals surface area contributed by atoms with Crippen molar-refractivity contribution in [1.29, 1.82) is 5.26 Å². The highest BCUT2D eigenvalue weighted by molar-refractivity contribution is 7.89. The van der Waals surface area contributed by atoms with Crippen LogP contribution in [0.5, 0.6) is 0 Å². The van der Waals surface area contributed by atoms with Gasteiger partial charge in [-0.2, -0.15) is 9.57 Å². The number of rotatable bonds is 6. The van der Waals surface area contributed by atoms with Crippen LogP contribution in [-0.2, 0) is 21.2 Å². The Bertz CT molecular complexity index is 1550. The number of urea groups is 1. The Labute approximate surface area is 247 Å². The summed E-state index contributed by atoms with van der Waals surface area (Å²) in [6.07, 6.45) is 2.60. The fourth-order valence-electron chi connectivity index (χ4n) is 5.63. The molecule has 2 aliphatic heterocycles. The Morgan fingerprint density at radius 2 is 1.55 bits per heavy atom. The second kappa shape index (κ2) is 12.8. The van der Waals surface area contributed by atoms with Crippen LogP contribution in [0.2, 0.25) is 0 Å². The number of nitrogens with one attached hydrogen (secondary N) is 1. The zero-order valence-corrected chi connectivity index (χ0v) is 24.5. The van der Waals surface area contributed by atoms with Crippen molar-refractivity contribution in [3.05, 3.63) is 95.6 Å². The van der Waals surface area contributed by atoms with E-state index in [9.17, 15) is 18.0 Å². The Morgan fingerprint density at radius 1 is 0.881 bits per heavy atom. The van der Waals surface area contributed by atoms with Gasteiger partial charge in [-0.15, -0.1) is 0 Å². The van der Waals surface area contributed by atoms with Crippen LogP contribution in [0.25, 0.3) is 0 Å². The summed E-state index contributed by atoms with van der Waals surface area (Å²) in [7, 11) is -4.07. The first-order valence-electron chi connectivity index (χ1n) is 14.2. The maximum atomic E-state index is 14.0. The maximum absolute atomic E-state index is 14.0. The number of benzene rings is 3. The van der Waals surface area contributed by atoms with Crippen molar-refractivity contribution >= 4 is 27.6 Å². The predicted molar refractivity (Wildman–Crippen MR) is 160 cm³/mol. The molecule has 218 valence electrons. The second-order valence-electron chi connectivity index (χ2n) is 11.0. The van der Waals surface area contributed by atoms with Crippen LogP contribution >= 0.6 is 0 Å². The molecule has 0 aromatic heterocycles. The molecule has 0 bridgehead atoms. The third-order valence-electron chi connectivity index (χ3n) is 8.09. The largest absolute Gasteiger partial charge is 0.341 e. The lowest BCUT2D eigenvalue weighted by molar-refractivity contribution is -0.138. The molecule has 2 heterocycles. The molecule has 10 heteroatoms. The highest BCUT2D eigenvalue weighted by atomic mass is 32.2. The summed E-state index contributed by atoms with van der Waals surface area (Å²) in [5.74, 6) is 0.149. The van der Waals surface area contributed by atoms with Gasteiger partial charge in [0, 0.05) is 38.4 Å². The summed E-state index contributed by atoms with van der Waals surface area (Å²) in [4.78, 5) is 30.5. The van der Waals surface area contributed by atoms with Crippen molar-refractivity contribution in [3.8, 4) is 6.07 Å². The van der Waals surface area contributed by atoms with E-state index in [1.54, 1.807) is 17.0 Å². The lowest BCUT2D eigenvalue weighted by Crippen LogP contribution is -2.62. The number of carbonyl (C=O) groups excluding carboxylic acids is 2. The Hall–Kier alpha value is -4.20. The van der Waals surface area contributed by atoms with Gasteiger partial charge in [0.15, 0.2) is 0 Å². The van der Waals surface area contributed by atoms with E-state index in [0.717, 1.165) is 24.8 Å². The molecule has 9 nitrogen and oxygen atoms in total. The van der Waals surface area contributed by atoms with E-state index in [2.05, 4.69) is 17.4 Å². The molecule has 0 radical (unpaired) electrons. The van der Waals surface area contributed by atoms with Crippen molar-refractivity contribution in [2.24, 2.45) is 5.92 Å². The molecule has 0 aliphatic carbocycles. The lowest BCUT2D eigenvalue weighted by Gasteiger charge is -2.42. The number of anilines is 1. The lowest BCUT2D eigenvalue weighted by atomic mass is 9.90. The SMILES string of the molecule is Cc1ccc(NC(=O)N2CCN(S(=O)(=O)c3ccc(C#N)cc3)C(C(=O)N3CCC(Cc4ccccc4)CC3)C2)cc1. The number of hydrogen-bond donors (Lipinski definition) is 1. The summed E-state index contributed by atoms with van der Waals surface area (Å²) in [6, 6.07) is 23.9. The van der Waals surface area contributed by atoms with E-state index >= 15 is 0 Å². The quantitative estimate of drug-likeness (QED) is 0.465. The van der Waals surface area contributed by atoms with Crippen LogP contribution in [0.1, 0.15) is 29.5 Å². The van der Waals surface area contributed by atoms with Crippen molar-refractivity contribution in [1.82, 2.24) is 14.1 Å². The Morgan fingerprint density at radius 3 is 2.19 bits per heavy atom. The van der Waals surface area contributed by atoms with Gasteiger partial charge in [-0.25, -0.2) is 13.2 Å². The monoisotopic (exact) mass is 585 g/mol. The Balaban J connectivity index is 1.33. The number of aryl methyl sites for hydroxylation is 1. The average molecular weight is 586 g/mol. The minimum Gasteiger partial charge on any atom is -0.341 e. The molecule has 3 aromatic rings. The first-order chi connectivity index (χ1) is 20.2. The molecular weight excluding hydrogens is 550 g/mol. The van der Waals surface area contributed by atoms with Crippen molar-refractivity contribution in [2.45, 2.75) is 37.1 Å². The fraction of sp³-hybridized carbons (Fsp3) is 0.344. The minimum atomic E-state index is -4.07. The summed E-state index contributed by atoms with van der Waals surface area (Å²) >= 11 is 0. The van der Waals surface area contributed by atoms with Crippen molar-refractivity contribution in [3.63, 3.8) is 0 Å². The van der Waals surface area contributed by atoms with Gasteiger partial charge in [0.05, 0.1) is 16.5 Å². The predicted octanol–water partition coefficient (Wildman–Crippen LogP) is 4.26. The van der Waals surface area contributed by atoms with E-state index in [1.807, 2.05) is 43.3 Å². The molecule has 3 amide bonds. The molecule has 1 atom stereocenters. The summed E-state index contributed by atoms with van der Waals surface area (Å²) in [5, 5.41) is 12.0. The van der Waals surface area contributed by atoms with Crippen molar-refractivity contribution < 1.29 is 18.0 Å². The third-order valence-corrected chi connectivity index (χ3v) is 10.0. The summed E-state index contributed by atoms with van der Waals surface area (Å²) in [5.41, 5.74) is 3.30. The molecule has 0 saturated carbocycles. The molecule has 0 spiro atoms. The number of nitriles is 1. The molecule has 2 saturated heterocycles. The van der Waals surface area contributed by atoms with Crippen LogP contribution in [0, 0.1) is 24.2 Å². The maximum Gasteiger partial charge on any atom is 0.321 e. The van der Waals surface area contributed by atoms with Gasteiger partial charge in [0.1, 0.15) is 6.04 Å². The number of sulfonamides is 1. The van der Waals surface area contributed by atoms with E-state index in [1.165, 1.54) is 39.0 Å². The Kier molecular flexibility index (Phi) is 8.90. The van der Waals surface area contributed by atoms with E-state index < -0.39 is 16.1 Å². The number of amides is 3.